The lowest BCUT2D eigenvalue weighted by atomic mass is 9.99. The maximum atomic E-state index is 14.4. The number of hydrogen-bond donors (Lipinski definition) is 3. The number of rotatable bonds is 5. The van der Waals surface area contributed by atoms with Gasteiger partial charge in [0.1, 0.15) is 35.0 Å². The molecule has 0 aliphatic carbocycles. The molecule has 5 N–H and O–H groups in total. The van der Waals surface area contributed by atoms with E-state index in [9.17, 15) is 13.6 Å². The summed E-state index contributed by atoms with van der Waals surface area (Å²) in [7, 11) is 0. The number of nitrogen functional groups attached to an aromatic ring is 2. The normalized spacial score (nSPS) is 11.4. The van der Waals surface area contributed by atoms with E-state index in [0.29, 0.717) is 6.61 Å². The van der Waals surface area contributed by atoms with Crippen molar-refractivity contribution in [1.29, 1.82) is 5.41 Å². The Kier molecular flexibility index (Phi) is 5.74. The molecule has 3 rings (SSSR count). The number of nitrogens with two attached hydrogens (primary N) is 2. The van der Waals surface area contributed by atoms with Gasteiger partial charge in [0.05, 0.1) is 18.0 Å². The molecule has 1 aromatic carbocycles. The lowest BCUT2D eigenvalue weighted by Gasteiger charge is -2.19. The number of ether oxygens (including phenoxy) is 1. The largest absolute Gasteiger partial charge is 0.477 e. The van der Waals surface area contributed by atoms with Crippen LogP contribution in [0.25, 0.3) is 16.9 Å². The molecule has 162 valence electrons. The third kappa shape index (κ3) is 4.52. The molecule has 0 saturated carbocycles. The molecule has 0 atom stereocenters. The third-order valence-electron chi connectivity index (χ3n) is 4.27. The number of benzene rings is 1. The Labute approximate surface area is 177 Å². The second-order valence-corrected chi connectivity index (χ2v) is 8.08. The van der Waals surface area contributed by atoms with Crippen molar-refractivity contribution in [3.8, 4) is 22.8 Å². The lowest BCUT2D eigenvalue weighted by molar-refractivity contribution is 0.191. The van der Waals surface area contributed by atoms with Gasteiger partial charge in [0.25, 0.3) is 5.56 Å². The SMILES string of the molecule is CC(C)(C)COc1cc(-c2cn(-c3c(F)cccc3F)c(=O)c(C(=N)N)c2N)ncn1. The van der Waals surface area contributed by atoms with Crippen LogP contribution in [0.3, 0.4) is 0 Å². The van der Waals surface area contributed by atoms with E-state index in [1.54, 1.807) is 0 Å². The zero-order chi connectivity index (χ0) is 22.9. The summed E-state index contributed by atoms with van der Waals surface area (Å²) in [5.74, 6) is -2.33. The van der Waals surface area contributed by atoms with E-state index in [1.165, 1.54) is 18.5 Å². The molecule has 0 bridgehead atoms. The maximum absolute atomic E-state index is 14.4. The van der Waals surface area contributed by atoms with Crippen LogP contribution in [-0.2, 0) is 0 Å². The molecule has 8 nitrogen and oxygen atoms in total. The van der Waals surface area contributed by atoms with Gasteiger partial charge >= 0.3 is 0 Å². The molecular formula is C21H22F2N6O2. The van der Waals surface area contributed by atoms with Crippen LogP contribution in [0.1, 0.15) is 26.3 Å². The summed E-state index contributed by atoms with van der Waals surface area (Å²) in [6.07, 6.45) is 2.39. The number of aromatic nitrogens is 3. The Morgan fingerprint density at radius 3 is 2.45 bits per heavy atom. The van der Waals surface area contributed by atoms with Gasteiger partial charge in [0, 0.05) is 17.8 Å². The van der Waals surface area contributed by atoms with E-state index in [2.05, 4.69) is 9.97 Å². The van der Waals surface area contributed by atoms with Gasteiger partial charge in [-0.2, -0.15) is 0 Å². The van der Waals surface area contributed by atoms with Gasteiger partial charge in [-0.25, -0.2) is 18.7 Å². The predicted octanol–water partition coefficient (Wildman–Crippen LogP) is 2.86. The number of anilines is 1. The van der Waals surface area contributed by atoms with Crippen molar-refractivity contribution in [1.82, 2.24) is 14.5 Å². The fraction of sp³-hybridized carbons (Fsp3) is 0.238. The standard InChI is InChI=1S/C21H22F2N6O2/c1-21(2,3)9-31-15-7-14(27-10-28-15)11-8-29(18-12(22)5-4-6-13(18)23)20(30)16(17(11)24)19(25)26/h4-8,10H,9,24H2,1-3H3,(H3,25,26). The number of hydrogen-bond acceptors (Lipinski definition) is 6. The highest BCUT2D eigenvalue weighted by Gasteiger charge is 2.22. The van der Waals surface area contributed by atoms with Crippen LogP contribution in [0.5, 0.6) is 5.88 Å². The van der Waals surface area contributed by atoms with Crippen LogP contribution >= 0.6 is 0 Å². The van der Waals surface area contributed by atoms with E-state index >= 15 is 0 Å². The molecule has 0 aliphatic rings. The van der Waals surface area contributed by atoms with Crippen molar-refractivity contribution in [2.75, 3.05) is 12.3 Å². The van der Waals surface area contributed by atoms with E-state index in [-0.39, 0.29) is 28.2 Å². The summed E-state index contributed by atoms with van der Waals surface area (Å²) in [6, 6.07) is 4.68. The van der Waals surface area contributed by atoms with Gasteiger partial charge in [-0.05, 0) is 17.5 Å². The van der Waals surface area contributed by atoms with Gasteiger partial charge in [0.15, 0.2) is 0 Å². The molecule has 0 radical (unpaired) electrons. The molecule has 2 heterocycles. The predicted molar refractivity (Wildman–Crippen MR) is 113 cm³/mol. The summed E-state index contributed by atoms with van der Waals surface area (Å²) >= 11 is 0. The quantitative estimate of drug-likeness (QED) is 0.423. The van der Waals surface area contributed by atoms with Crippen LogP contribution in [0.15, 0.2) is 41.6 Å². The van der Waals surface area contributed by atoms with Crippen LogP contribution < -0.4 is 21.8 Å². The highest BCUT2D eigenvalue weighted by Crippen LogP contribution is 2.29. The second kappa shape index (κ2) is 8.13. The van der Waals surface area contributed by atoms with E-state index < -0.39 is 34.3 Å². The van der Waals surface area contributed by atoms with Crippen molar-refractivity contribution in [3.63, 3.8) is 0 Å². The first-order valence-corrected chi connectivity index (χ1v) is 9.28. The number of pyridine rings is 1. The van der Waals surface area contributed by atoms with Crippen LogP contribution in [0.4, 0.5) is 14.5 Å². The molecule has 0 saturated heterocycles. The summed E-state index contributed by atoms with van der Waals surface area (Å²) in [6.45, 7) is 6.35. The molecule has 3 aromatic rings. The fourth-order valence-electron chi connectivity index (χ4n) is 2.83. The molecule has 31 heavy (non-hydrogen) atoms. The van der Waals surface area contributed by atoms with Gasteiger partial charge in [-0.1, -0.05) is 26.8 Å². The zero-order valence-corrected chi connectivity index (χ0v) is 17.2. The summed E-state index contributed by atoms with van der Waals surface area (Å²) in [4.78, 5) is 21.1. The number of nitrogens with one attached hydrogen (secondary N) is 1. The molecule has 0 spiro atoms. The average molecular weight is 428 g/mol. The minimum Gasteiger partial charge on any atom is -0.477 e. The first kappa shape index (κ1) is 21.9. The van der Waals surface area contributed by atoms with Crippen molar-refractivity contribution >= 4 is 11.5 Å². The molecular weight excluding hydrogens is 406 g/mol. The van der Waals surface area contributed by atoms with E-state index in [4.69, 9.17) is 21.6 Å². The van der Waals surface area contributed by atoms with Crippen LogP contribution in [0, 0.1) is 22.5 Å². The number of halogens is 2. The first-order valence-electron chi connectivity index (χ1n) is 9.28. The van der Waals surface area contributed by atoms with Crippen molar-refractivity contribution in [3.05, 3.63) is 64.3 Å². The van der Waals surface area contributed by atoms with Crippen molar-refractivity contribution < 1.29 is 13.5 Å². The lowest BCUT2D eigenvalue weighted by Crippen LogP contribution is -2.31. The number of nitrogens with zero attached hydrogens (tertiary/aromatic N) is 3. The number of para-hydroxylation sites is 1. The van der Waals surface area contributed by atoms with Gasteiger partial charge < -0.3 is 16.2 Å². The minimum absolute atomic E-state index is 0.123. The molecule has 2 aromatic heterocycles. The van der Waals surface area contributed by atoms with Gasteiger partial charge in [-0.3, -0.25) is 14.8 Å². The molecule has 0 unspecified atom stereocenters. The Hall–Kier alpha value is -3.82. The highest BCUT2D eigenvalue weighted by atomic mass is 19.1. The Morgan fingerprint density at radius 1 is 1.23 bits per heavy atom. The van der Waals surface area contributed by atoms with Gasteiger partial charge in [0.2, 0.25) is 5.88 Å². The molecule has 0 amide bonds. The van der Waals surface area contributed by atoms with Crippen LogP contribution in [-0.4, -0.2) is 27.0 Å². The Bertz CT molecular complexity index is 1200. The van der Waals surface area contributed by atoms with Crippen molar-refractivity contribution in [2.24, 2.45) is 11.1 Å². The van der Waals surface area contributed by atoms with Gasteiger partial charge in [-0.15, -0.1) is 0 Å². The second-order valence-electron chi connectivity index (χ2n) is 8.08. The smallest absolute Gasteiger partial charge is 0.268 e. The zero-order valence-electron chi connectivity index (χ0n) is 17.2. The monoisotopic (exact) mass is 428 g/mol. The highest BCUT2D eigenvalue weighted by molar-refractivity contribution is 6.02. The molecule has 0 fully saturated rings. The van der Waals surface area contributed by atoms with E-state index in [0.717, 1.165) is 22.9 Å². The summed E-state index contributed by atoms with van der Waals surface area (Å²) < 4.78 is 35.2. The average Bonchev–Trinajstić information content (AvgIpc) is 2.67. The first-order chi connectivity index (χ1) is 14.5. The van der Waals surface area contributed by atoms with Crippen LogP contribution in [0.2, 0.25) is 0 Å². The van der Waals surface area contributed by atoms with Crippen molar-refractivity contribution in [2.45, 2.75) is 20.8 Å². The summed E-state index contributed by atoms with van der Waals surface area (Å²) in [5.41, 5.74) is 9.81. The number of amidine groups is 1. The van der Waals surface area contributed by atoms with E-state index in [1.807, 2.05) is 20.8 Å². The topological polar surface area (TPSA) is 133 Å². The Balaban J connectivity index is 2.24. The Morgan fingerprint density at radius 2 is 1.87 bits per heavy atom. The molecule has 10 heteroatoms. The minimum atomic E-state index is -0.968. The molecule has 0 aliphatic heterocycles. The fourth-order valence-corrected chi connectivity index (χ4v) is 2.83. The summed E-state index contributed by atoms with van der Waals surface area (Å²) in [5, 5.41) is 7.76. The third-order valence-corrected chi connectivity index (χ3v) is 4.27. The maximum Gasteiger partial charge on any atom is 0.268 e.